The largest absolute Gasteiger partial charge is 0.289 e. The van der Waals surface area contributed by atoms with Gasteiger partial charge in [-0.15, -0.1) is 0 Å². The number of aromatic nitrogens is 4. The second-order valence-corrected chi connectivity index (χ2v) is 2.73. The minimum atomic E-state index is -0.169. The molecular weight excluding hydrogens is 212 g/mol. The molecule has 0 saturated heterocycles. The van der Waals surface area contributed by atoms with Crippen molar-refractivity contribution < 1.29 is 0 Å². The number of imidazole rings is 1. The first-order valence-corrected chi connectivity index (χ1v) is 3.56. The molecule has 0 radical (unpaired) electrons. The lowest BCUT2D eigenvalue weighted by molar-refractivity contribution is 0.867. The Morgan fingerprint density at radius 1 is 1.45 bits per heavy atom. The van der Waals surface area contributed by atoms with Gasteiger partial charge in [-0.3, -0.25) is 4.79 Å². The van der Waals surface area contributed by atoms with Crippen LogP contribution in [-0.2, 0) is 0 Å². The Bertz CT molecular complexity index is 445. The van der Waals surface area contributed by atoms with Crippen molar-refractivity contribution in [1.82, 2.24) is 18.2 Å². The molecule has 0 fully saturated rings. The van der Waals surface area contributed by atoms with Crippen LogP contribution in [0.15, 0.2) is 23.6 Å². The molecule has 0 bridgehead atoms. The summed E-state index contributed by atoms with van der Waals surface area (Å²) in [5, 5.41) is 3.87. The fraction of sp³-hybridized carbons (Fsp3) is 0. The van der Waals surface area contributed by atoms with Crippen LogP contribution >= 0.6 is 16.1 Å². The van der Waals surface area contributed by atoms with Crippen LogP contribution in [0.4, 0.5) is 0 Å². The van der Waals surface area contributed by atoms with Gasteiger partial charge in [0.1, 0.15) is 12.7 Å². The van der Waals surface area contributed by atoms with Crippen molar-refractivity contribution >= 4 is 21.7 Å². The van der Waals surface area contributed by atoms with Crippen LogP contribution in [0.2, 0.25) is 0 Å². The smallest absolute Gasteiger partial charge is 0.266 e. The van der Waals surface area contributed by atoms with E-state index in [0.29, 0.717) is 5.52 Å². The second kappa shape index (κ2) is 2.16. The molecule has 2 aromatic rings. The van der Waals surface area contributed by atoms with Gasteiger partial charge < -0.3 is 0 Å². The number of nitrogens with zero attached hydrogens (tertiary/aromatic N) is 4. The highest BCUT2D eigenvalue weighted by Crippen LogP contribution is 1.92. The van der Waals surface area contributed by atoms with Gasteiger partial charge in [-0.1, -0.05) is 0 Å². The van der Waals surface area contributed by atoms with Crippen molar-refractivity contribution in [2.75, 3.05) is 0 Å². The molecule has 2 rings (SSSR count). The second-order valence-electron chi connectivity index (χ2n) is 1.97. The predicted molar refractivity (Wildman–Crippen MR) is 41.6 cm³/mol. The SMILES string of the molecule is O=c1c2cncn2ncn1Br. The van der Waals surface area contributed by atoms with Crippen molar-refractivity contribution in [1.29, 1.82) is 0 Å². The van der Waals surface area contributed by atoms with E-state index in [1.165, 1.54) is 27.0 Å². The molecular formula is C5H3BrN4O. The molecule has 0 unspecified atom stereocenters. The third-order valence-electron chi connectivity index (χ3n) is 1.31. The number of hydrogen-bond acceptors (Lipinski definition) is 3. The number of fused-ring (bicyclic) bond motifs is 1. The van der Waals surface area contributed by atoms with Crippen molar-refractivity contribution in [3.63, 3.8) is 0 Å². The van der Waals surface area contributed by atoms with Gasteiger partial charge in [0.25, 0.3) is 5.56 Å². The fourth-order valence-electron chi connectivity index (χ4n) is 0.797. The van der Waals surface area contributed by atoms with Crippen LogP contribution in [0, 0.1) is 0 Å². The Morgan fingerprint density at radius 3 is 3.09 bits per heavy atom. The Labute approximate surface area is 69.6 Å². The lowest BCUT2D eigenvalue weighted by atomic mass is 10.6. The Morgan fingerprint density at radius 2 is 2.27 bits per heavy atom. The summed E-state index contributed by atoms with van der Waals surface area (Å²) in [7, 11) is 0. The summed E-state index contributed by atoms with van der Waals surface area (Å²) in [5.41, 5.74) is 0.280. The number of halogens is 1. The summed E-state index contributed by atoms with van der Waals surface area (Å²) >= 11 is 3.00. The molecule has 5 nitrogen and oxygen atoms in total. The zero-order valence-corrected chi connectivity index (χ0v) is 6.89. The van der Waals surface area contributed by atoms with E-state index >= 15 is 0 Å². The normalized spacial score (nSPS) is 10.6. The maximum atomic E-state index is 11.2. The first-order chi connectivity index (χ1) is 5.29. The van der Waals surface area contributed by atoms with Crippen LogP contribution in [-0.4, -0.2) is 18.2 Å². The quantitative estimate of drug-likeness (QED) is 0.623. The third kappa shape index (κ3) is 0.864. The Kier molecular flexibility index (Phi) is 1.28. The monoisotopic (exact) mass is 214 g/mol. The maximum Gasteiger partial charge on any atom is 0.289 e. The van der Waals surface area contributed by atoms with Crippen LogP contribution < -0.4 is 5.56 Å². The molecule has 0 atom stereocenters. The molecule has 0 aliphatic rings. The minimum absolute atomic E-state index is 0.169. The van der Waals surface area contributed by atoms with Crippen molar-refractivity contribution in [2.24, 2.45) is 0 Å². The van der Waals surface area contributed by atoms with Crippen molar-refractivity contribution in [3.05, 3.63) is 29.2 Å². The molecule has 2 heterocycles. The average Bonchev–Trinajstić information content (AvgIpc) is 2.45. The lowest BCUT2D eigenvalue weighted by Crippen LogP contribution is -2.15. The van der Waals surface area contributed by atoms with Crippen molar-refractivity contribution in [3.8, 4) is 0 Å². The van der Waals surface area contributed by atoms with Crippen LogP contribution in [0.5, 0.6) is 0 Å². The molecule has 6 heteroatoms. The summed E-state index contributed by atoms with van der Waals surface area (Å²) in [4.78, 5) is 15.0. The molecule has 56 valence electrons. The van der Waals surface area contributed by atoms with E-state index in [1.807, 2.05) is 0 Å². The van der Waals surface area contributed by atoms with Gasteiger partial charge in [-0.2, -0.15) is 5.10 Å². The van der Waals surface area contributed by atoms with E-state index in [1.54, 1.807) is 0 Å². The molecule has 0 amide bonds. The standard InChI is InChI=1S/C5H3BrN4O/c6-9-3-8-10-2-7-1-4(10)5(9)11/h1-3H. The van der Waals surface area contributed by atoms with E-state index in [4.69, 9.17) is 0 Å². The molecule has 0 saturated carbocycles. The van der Waals surface area contributed by atoms with E-state index in [2.05, 4.69) is 26.2 Å². The third-order valence-corrected chi connectivity index (χ3v) is 1.82. The molecule has 2 aromatic heterocycles. The highest BCUT2D eigenvalue weighted by Gasteiger charge is 2.00. The molecule has 0 aliphatic heterocycles. The highest BCUT2D eigenvalue weighted by atomic mass is 79.9. The topological polar surface area (TPSA) is 52.2 Å². The molecule has 0 aliphatic carbocycles. The lowest BCUT2D eigenvalue weighted by Gasteiger charge is -1.92. The van der Waals surface area contributed by atoms with Gasteiger partial charge in [-0.25, -0.2) is 13.1 Å². The highest BCUT2D eigenvalue weighted by molar-refractivity contribution is 9.08. The Balaban J connectivity index is 3.05. The molecule has 0 N–H and O–H groups in total. The van der Waals surface area contributed by atoms with Crippen LogP contribution in [0.25, 0.3) is 5.52 Å². The summed E-state index contributed by atoms with van der Waals surface area (Å²) < 4.78 is 2.64. The number of hydrogen-bond donors (Lipinski definition) is 0. The molecule has 0 aromatic carbocycles. The summed E-state index contributed by atoms with van der Waals surface area (Å²) in [6.07, 6.45) is 4.31. The first-order valence-electron chi connectivity index (χ1n) is 2.85. The molecule has 11 heavy (non-hydrogen) atoms. The predicted octanol–water partition coefficient (Wildman–Crippen LogP) is 0.0490. The van der Waals surface area contributed by atoms with Crippen LogP contribution in [0.3, 0.4) is 0 Å². The first kappa shape index (κ1) is 6.53. The average molecular weight is 215 g/mol. The molecule has 0 spiro atoms. The fourth-order valence-corrected chi connectivity index (χ4v) is 1.06. The van der Waals surface area contributed by atoms with Crippen molar-refractivity contribution in [2.45, 2.75) is 0 Å². The summed E-state index contributed by atoms with van der Waals surface area (Å²) in [6, 6.07) is 0. The van der Waals surface area contributed by atoms with E-state index in [9.17, 15) is 4.79 Å². The maximum absolute atomic E-state index is 11.2. The summed E-state index contributed by atoms with van der Waals surface area (Å²) in [6.45, 7) is 0. The van der Waals surface area contributed by atoms with Gasteiger partial charge in [0.05, 0.1) is 22.3 Å². The van der Waals surface area contributed by atoms with Gasteiger partial charge in [0.2, 0.25) is 0 Å². The van der Waals surface area contributed by atoms with E-state index < -0.39 is 0 Å². The van der Waals surface area contributed by atoms with Crippen LogP contribution in [0.1, 0.15) is 0 Å². The summed E-state index contributed by atoms with van der Waals surface area (Å²) in [5.74, 6) is 0. The van der Waals surface area contributed by atoms with Gasteiger partial charge in [0, 0.05) is 0 Å². The minimum Gasteiger partial charge on any atom is -0.266 e. The van der Waals surface area contributed by atoms with Gasteiger partial charge in [0.15, 0.2) is 5.52 Å². The zero-order valence-electron chi connectivity index (χ0n) is 5.31. The van der Waals surface area contributed by atoms with Gasteiger partial charge >= 0.3 is 0 Å². The van der Waals surface area contributed by atoms with Gasteiger partial charge in [-0.05, 0) is 0 Å². The number of rotatable bonds is 0. The Hall–Kier alpha value is -1.17. The van der Waals surface area contributed by atoms with E-state index in [0.717, 1.165) is 0 Å². The zero-order chi connectivity index (χ0) is 7.84. The van der Waals surface area contributed by atoms with E-state index in [-0.39, 0.29) is 5.56 Å².